The second kappa shape index (κ2) is 5.85. The predicted molar refractivity (Wildman–Crippen MR) is 86.7 cm³/mol. The number of nitrogens with zero attached hydrogens (tertiary/aromatic N) is 1. The predicted octanol–water partition coefficient (Wildman–Crippen LogP) is 2.75. The molecule has 3 amide bonds. The van der Waals surface area contributed by atoms with E-state index in [9.17, 15) is 14.4 Å². The van der Waals surface area contributed by atoms with Crippen LogP contribution in [0.25, 0.3) is 0 Å². The Balaban J connectivity index is 1.82. The highest BCUT2D eigenvalue weighted by Gasteiger charge is 2.34. The number of nitrogens with one attached hydrogen (secondary N) is 1. The Morgan fingerprint density at radius 2 is 1.78 bits per heavy atom. The SMILES string of the molecule is CN1C(=O)c2cccc(CC(=O)Nc3ccc(Cl)cc3)c2C1=O. The van der Waals surface area contributed by atoms with E-state index in [1.807, 2.05) is 0 Å². The van der Waals surface area contributed by atoms with Crippen LogP contribution >= 0.6 is 11.6 Å². The van der Waals surface area contributed by atoms with Gasteiger partial charge >= 0.3 is 0 Å². The first-order valence-electron chi connectivity index (χ1n) is 6.97. The summed E-state index contributed by atoms with van der Waals surface area (Å²) in [4.78, 5) is 37.4. The molecule has 5 nitrogen and oxygen atoms in total. The topological polar surface area (TPSA) is 66.5 Å². The molecule has 6 heteroatoms. The van der Waals surface area contributed by atoms with E-state index in [0.29, 0.717) is 27.4 Å². The summed E-state index contributed by atoms with van der Waals surface area (Å²) in [5.41, 5.74) is 1.81. The summed E-state index contributed by atoms with van der Waals surface area (Å²) in [6.07, 6.45) is 0.0126. The average Bonchev–Trinajstić information content (AvgIpc) is 2.75. The maximum Gasteiger partial charge on any atom is 0.261 e. The van der Waals surface area contributed by atoms with Crippen LogP contribution in [0.5, 0.6) is 0 Å². The lowest BCUT2D eigenvalue weighted by Gasteiger charge is -2.08. The van der Waals surface area contributed by atoms with Gasteiger partial charge in [0.1, 0.15) is 0 Å². The molecular formula is C17H13ClN2O3. The highest BCUT2D eigenvalue weighted by Crippen LogP contribution is 2.25. The van der Waals surface area contributed by atoms with Gasteiger partial charge in [-0.25, -0.2) is 0 Å². The fourth-order valence-corrected chi connectivity index (χ4v) is 2.66. The van der Waals surface area contributed by atoms with Crippen molar-refractivity contribution in [2.24, 2.45) is 0 Å². The summed E-state index contributed by atoms with van der Waals surface area (Å²) in [6.45, 7) is 0. The zero-order valence-corrected chi connectivity index (χ0v) is 13.1. The molecule has 0 radical (unpaired) electrons. The number of amides is 3. The van der Waals surface area contributed by atoms with E-state index in [-0.39, 0.29) is 24.1 Å². The normalized spacial score (nSPS) is 13.2. The monoisotopic (exact) mass is 328 g/mol. The third kappa shape index (κ3) is 2.83. The second-order valence-corrected chi connectivity index (χ2v) is 5.68. The summed E-state index contributed by atoms with van der Waals surface area (Å²) in [5, 5.41) is 3.32. The van der Waals surface area contributed by atoms with Gasteiger partial charge in [-0.05, 0) is 35.9 Å². The molecule has 0 aliphatic carbocycles. The smallest absolute Gasteiger partial charge is 0.261 e. The second-order valence-electron chi connectivity index (χ2n) is 5.24. The largest absolute Gasteiger partial charge is 0.326 e. The fourth-order valence-electron chi connectivity index (χ4n) is 2.53. The van der Waals surface area contributed by atoms with Crippen molar-refractivity contribution in [3.8, 4) is 0 Å². The molecule has 0 aromatic heterocycles. The van der Waals surface area contributed by atoms with Gasteiger partial charge in [0.05, 0.1) is 17.5 Å². The maximum atomic E-state index is 12.2. The minimum Gasteiger partial charge on any atom is -0.326 e. The van der Waals surface area contributed by atoms with Gasteiger partial charge in [-0.3, -0.25) is 19.3 Å². The van der Waals surface area contributed by atoms with Gasteiger partial charge in [-0.2, -0.15) is 0 Å². The first kappa shape index (κ1) is 15.2. The first-order valence-corrected chi connectivity index (χ1v) is 7.35. The lowest BCUT2D eigenvalue weighted by Crippen LogP contribution is -2.24. The summed E-state index contributed by atoms with van der Waals surface area (Å²) in [5.74, 6) is -0.986. The van der Waals surface area contributed by atoms with E-state index >= 15 is 0 Å². The molecule has 116 valence electrons. The first-order chi connectivity index (χ1) is 11.0. The Bertz CT molecular complexity index is 815. The van der Waals surface area contributed by atoms with Gasteiger partial charge in [0, 0.05) is 17.8 Å². The van der Waals surface area contributed by atoms with E-state index in [0.717, 1.165) is 4.90 Å². The number of fused-ring (bicyclic) bond motifs is 1. The molecule has 1 aliphatic rings. The highest BCUT2D eigenvalue weighted by molar-refractivity contribution is 6.30. The Kier molecular flexibility index (Phi) is 3.88. The number of hydrogen-bond donors (Lipinski definition) is 1. The number of halogens is 1. The molecular weight excluding hydrogens is 316 g/mol. The summed E-state index contributed by atoms with van der Waals surface area (Å²) in [6, 6.07) is 11.7. The number of imide groups is 1. The molecule has 1 heterocycles. The van der Waals surface area contributed by atoms with Crippen LogP contribution in [-0.2, 0) is 11.2 Å². The van der Waals surface area contributed by atoms with Gasteiger partial charge in [0.15, 0.2) is 0 Å². The van der Waals surface area contributed by atoms with E-state index in [4.69, 9.17) is 11.6 Å². The van der Waals surface area contributed by atoms with Crippen LogP contribution in [0.3, 0.4) is 0 Å². The molecule has 3 rings (SSSR count). The van der Waals surface area contributed by atoms with Crippen molar-refractivity contribution < 1.29 is 14.4 Å². The third-order valence-corrected chi connectivity index (χ3v) is 3.94. The summed E-state index contributed by atoms with van der Waals surface area (Å²) in [7, 11) is 1.43. The molecule has 0 spiro atoms. The number of hydrogen-bond acceptors (Lipinski definition) is 3. The molecule has 2 aromatic rings. The van der Waals surface area contributed by atoms with E-state index < -0.39 is 0 Å². The van der Waals surface area contributed by atoms with E-state index in [1.165, 1.54) is 7.05 Å². The number of benzene rings is 2. The molecule has 1 N–H and O–H groups in total. The Morgan fingerprint density at radius 1 is 1.09 bits per heavy atom. The molecule has 2 aromatic carbocycles. The number of carbonyl (C=O) groups excluding carboxylic acids is 3. The highest BCUT2D eigenvalue weighted by atomic mass is 35.5. The van der Waals surface area contributed by atoms with Crippen LogP contribution in [0, 0.1) is 0 Å². The number of carbonyl (C=O) groups is 3. The minimum absolute atomic E-state index is 0.0126. The molecule has 0 bridgehead atoms. The van der Waals surface area contributed by atoms with Crippen molar-refractivity contribution in [2.45, 2.75) is 6.42 Å². The third-order valence-electron chi connectivity index (χ3n) is 3.68. The molecule has 0 saturated carbocycles. The molecule has 0 unspecified atom stereocenters. The quantitative estimate of drug-likeness (QED) is 0.881. The molecule has 1 aliphatic heterocycles. The van der Waals surface area contributed by atoms with E-state index in [2.05, 4.69) is 5.32 Å². The van der Waals surface area contributed by atoms with Crippen LogP contribution in [0.15, 0.2) is 42.5 Å². The zero-order valence-electron chi connectivity index (χ0n) is 12.3. The van der Waals surface area contributed by atoms with Crippen LogP contribution in [0.1, 0.15) is 26.3 Å². The van der Waals surface area contributed by atoms with Crippen molar-refractivity contribution in [1.82, 2.24) is 4.90 Å². The van der Waals surface area contributed by atoms with Crippen LogP contribution < -0.4 is 5.32 Å². The Labute approximate surface area is 137 Å². The maximum absolute atomic E-state index is 12.2. The standard InChI is InChI=1S/C17H13ClN2O3/c1-20-16(22)13-4-2-3-10(15(13)17(20)23)9-14(21)19-12-7-5-11(18)6-8-12/h2-8H,9H2,1H3,(H,19,21). The zero-order chi connectivity index (χ0) is 16.6. The average molecular weight is 329 g/mol. The number of anilines is 1. The minimum atomic E-state index is -0.375. The molecule has 0 fully saturated rings. The van der Waals surface area contributed by atoms with Gasteiger partial charge in [-0.15, -0.1) is 0 Å². The van der Waals surface area contributed by atoms with Gasteiger partial charge in [0.25, 0.3) is 11.8 Å². The molecule has 23 heavy (non-hydrogen) atoms. The van der Waals surface area contributed by atoms with Crippen LogP contribution in [0.4, 0.5) is 5.69 Å². The van der Waals surface area contributed by atoms with Gasteiger partial charge in [0.2, 0.25) is 5.91 Å². The van der Waals surface area contributed by atoms with Crippen LogP contribution in [-0.4, -0.2) is 29.7 Å². The van der Waals surface area contributed by atoms with Crippen molar-refractivity contribution >= 4 is 35.0 Å². The number of rotatable bonds is 3. The van der Waals surface area contributed by atoms with Gasteiger partial charge < -0.3 is 5.32 Å². The molecule has 0 atom stereocenters. The Hall–Kier alpha value is -2.66. The van der Waals surface area contributed by atoms with E-state index in [1.54, 1.807) is 42.5 Å². The van der Waals surface area contributed by atoms with Crippen molar-refractivity contribution in [3.63, 3.8) is 0 Å². The fraction of sp³-hybridized carbons (Fsp3) is 0.118. The Morgan fingerprint density at radius 3 is 2.48 bits per heavy atom. The van der Waals surface area contributed by atoms with Crippen molar-refractivity contribution in [2.75, 3.05) is 12.4 Å². The van der Waals surface area contributed by atoms with Crippen LogP contribution in [0.2, 0.25) is 5.02 Å². The summed E-state index contributed by atoms with van der Waals surface area (Å²) >= 11 is 5.80. The van der Waals surface area contributed by atoms with Crippen molar-refractivity contribution in [1.29, 1.82) is 0 Å². The van der Waals surface area contributed by atoms with Crippen molar-refractivity contribution in [3.05, 3.63) is 64.2 Å². The summed E-state index contributed by atoms with van der Waals surface area (Å²) < 4.78 is 0. The van der Waals surface area contributed by atoms with Gasteiger partial charge in [-0.1, -0.05) is 23.7 Å². The lowest BCUT2D eigenvalue weighted by molar-refractivity contribution is -0.115. The molecule has 0 saturated heterocycles. The lowest BCUT2D eigenvalue weighted by atomic mass is 10.00.